The van der Waals surface area contributed by atoms with Crippen LogP contribution in [-0.2, 0) is 9.53 Å². The number of hydrogen-bond acceptors (Lipinski definition) is 3. The highest BCUT2D eigenvalue weighted by molar-refractivity contribution is 5.78. The molecule has 0 bridgehead atoms. The van der Waals surface area contributed by atoms with Crippen LogP contribution in [0.25, 0.3) is 0 Å². The molecular formula is C11H22N2O2. The number of nitrogens with zero attached hydrogens (tertiary/aromatic N) is 1. The Hall–Kier alpha value is -0.610. The Bertz CT molecular complexity index is 191. The lowest BCUT2D eigenvalue weighted by Crippen LogP contribution is -2.42. The van der Waals surface area contributed by atoms with Gasteiger partial charge in [0.05, 0.1) is 12.5 Å². The average molecular weight is 214 g/mol. The van der Waals surface area contributed by atoms with E-state index in [-0.39, 0.29) is 11.8 Å². The van der Waals surface area contributed by atoms with Crippen LogP contribution >= 0.6 is 0 Å². The fourth-order valence-electron chi connectivity index (χ4n) is 1.83. The summed E-state index contributed by atoms with van der Waals surface area (Å²) in [6.07, 6.45) is 2.13. The van der Waals surface area contributed by atoms with Gasteiger partial charge in [-0.3, -0.25) is 4.79 Å². The highest BCUT2D eigenvalue weighted by Gasteiger charge is 2.23. The Kier molecular flexibility index (Phi) is 5.65. The summed E-state index contributed by atoms with van der Waals surface area (Å²) in [4.78, 5) is 13.7. The van der Waals surface area contributed by atoms with Crippen molar-refractivity contribution in [2.45, 2.75) is 19.8 Å². The van der Waals surface area contributed by atoms with Crippen LogP contribution in [-0.4, -0.2) is 50.7 Å². The third kappa shape index (κ3) is 4.18. The lowest BCUT2D eigenvalue weighted by Gasteiger charge is -2.26. The molecule has 1 fully saturated rings. The number of hydrogen-bond donors (Lipinski definition) is 1. The van der Waals surface area contributed by atoms with E-state index in [1.165, 1.54) is 0 Å². The summed E-state index contributed by atoms with van der Waals surface area (Å²) in [5.41, 5.74) is 0. The lowest BCUT2D eigenvalue weighted by atomic mass is 9.98. The van der Waals surface area contributed by atoms with Crippen molar-refractivity contribution in [2.24, 2.45) is 5.92 Å². The van der Waals surface area contributed by atoms with Gasteiger partial charge < -0.3 is 15.0 Å². The third-order valence-electron chi connectivity index (χ3n) is 2.80. The number of carbonyl (C=O) groups excluding carboxylic acids is 1. The molecule has 0 unspecified atom stereocenters. The van der Waals surface area contributed by atoms with Crippen LogP contribution in [0, 0.1) is 5.92 Å². The average Bonchev–Trinajstić information content (AvgIpc) is 2.29. The molecule has 4 nitrogen and oxygen atoms in total. The van der Waals surface area contributed by atoms with Crippen LogP contribution in [0.15, 0.2) is 0 Å². The summed E-state index contributed by atoms with van der Waals surface area (Å²) in [5, 5.41) is 3.26. The predicted octanol–water partition coefficient (Wildman–Crippen LogP) is 0.481. The zero-order valence-corrected chi connectivity index (χ0v) is 9.79. The second kappa shape index (κ2) is 6.80. The summed E-state index contributed by atoms with van der Waals surface area (Å²) in [5.74, 6) is 0.423. The molecule has 0 radical (unpaired) electrons. The maximum atomic E-state index is 11.9. The first kappa shape index (κ1) is 12.5. The second-order valence-electron chi connectivity index (χ2n) is 4.00. The van der Waals surface area contributed by atoms with Gasteiger partial charge in [0.25, 0.3) is 0 Å². The van der Waals surface area contributed by atoms with Crippen molar-refractivity contribution in [3.63, 3.8) is 0 Å². The van der Waals surface area contributed by atoms with Crippen LogP contribution < -0.4 is 5.32 Å². The van der Waals surface area contributed by atoms with Gasteiger partial charge >= 0.3 is 0 Å². The molecule has 88 valence electrons. The zero-order valence-electron chi connectivity index (χ0n) is 9.79. The van der Waals surface area contributed by atoms with E-state index in [0.29, 0.717) is 19.8 Å². The van der Waals surface area contributed by atoms with Gasteiger partial charge in [-0.2, -0.15) is 0 Å². The number of ether oxygens (including phenoxy) is 1. The largest absolute Gasteiger partial charge is 0.380 e. The lowest BCUT2D eigenvalue weighted by molar-refractivity contribution is -0.135. The van der Waals surface area contributed by atoms with E-state index in [9.17, 15) is 4.79 Å². The van der Waals surface area contributed by atoms with E-state index >= 15 is 0 Å². The van der Waals surface area contributed by atoms with Crippen LogP contribution in [0.4, 0.5) is 0 Å². The van der Waals surface area contributed by atoms with Gasteiger partial charge in [0.2, 0.25) is 5.91 Å². The molecule has 1 amide bonds. The minimum atomic E-state index is 0.172. The molecular weight excluding hydrogens is 192 g/mol. The topological polar surface area (TPSA) is 41.6 Å². The van der Waals surface area contributed by atoms with Crippen LogP contribution in [0.3, 0.4) is 0 Å². The molecule has 1 heterocycles. The van der Waals surface area contributed by atoms with E-state index in [1.54, 1.807) is 4.90 Å². The van der Waals surface area contributed by atoms with Crippen molar-refractivity contribution in [1.82, 2.24) is 10.2 Å². The summed E-state index contributed by atoms with van der Waals surface area (Å²) < 4.78 is 5.23. The Labute approximate surface area is 92.0 Å². The van der Waals surface area contributed by atoms with Crippen molar-refractivity contribution in [3.8, 4) is 0 Å². The molecule has 1 rings (SSSR count). The molecule has 1 aliphatic heterocycles. The quantitative estimate of drug-likeness (QED) is 0.677. The Morgan fingerprint density at radius 3 is 3.00 bits per heavy atom. The molecule has 1 saturated heterocycles. The maximum Gasteiger partial charge on any atom is 0.226 e. The maximum absolute atomic E-state index is 11.9. The standard InChI is InChI=1S/C11H22N2O2/c1-3-15-8-7-13(2)11(14)10-5-4-6-12-9-10/h10,12H,3-9H2,1-2H3/t10-/m1/s1. The van der Waals surface area contributed by atoms with Crippen molar-refractivity contribution in [3.05, 3.63) is 0 Å². The number of amides is 1. The smallest absolute Gasteiger partial charge is 0.226 e. The monoisotopic (exact) mass is 214 g/mol. The number of piperidine rings is 1. The summed E-state index contributed by atoms with van der Waals surface area (Å²) in [6, 6.07) is 0. The van der Waals surface area contributed by atoms with Crippen LogP contribution in [0.2, 0.25) is 0 Å². The van der Waals surface area contributed by atoms with E-state index in [4.69, 9.17) is 4.74 Å². The minimum Gasteiger partial charge on any atom is -0.380 e. The number of likely N-dealkylation sites (N-methyl/N-ethyl adjacent to an activating group) is 1. The van der Waals surface area contributed by atoms with E-state index in [0.717, 1.165) is 25.9 Å². The number of nitrogens with one attached hydrogen (secondary N) is 1. The highest BCUT2D eigenvalue weighted by Crippen LogP contribution is 2.12. The number of rotatable bonds is 5. The molecule has 1 atom stereocenters. The van der Waals surface area contributed by atoms with Gasteiger partial charge in [0.15, 0.2) is 0 Å². The third-order valence-corrected chi connectivity index (χ3v) is 2.80. The molecule has 0 aromatic carbocycles. The highest BCUT2D eigenvalue weighted by atomic mass is 16.5. The summed E-state index contributed by atoms with van der Waals surface area (Å²) in [6.45, 7) is 5.90. The van der Waals surface area contributed by atoms with Crippen molar-refractivity contribution >= 4 is 5.91 Å². The molecule has 0 aromatic rings. The first-order valence-electron chi connectivity index (χ1n) is 5.79. The second-order valence-corrected chi connectivity index (χ2v) is 4.00. The molecule has 0 aliphatic carbocycles. The van der Waals surface area contributed by atoms with Crippen LogP contribution in [0.1, 0.15) is 19.8 Å². The minimum absolute atomic E-state index is 0.172. The molecule has 4 heteroatoms. The summed E-state index contributed by atoms with van der Waals surface area (Å²) >= 11 is 0. The molecule has 1 N–H and O–H groups in total. The Balaban J connectivity index is 2.24. The predicted molar refractivity (Wildman–Crippen MR) is 59.7 cm³/mol. The SMILES string of the molecule is CCOCCN(C)C(=O)[C@@H]1CCCNC1. The molecule has 0 saturated carbocycles. The van der Waals surface area contributed by atoms with E-state index in [1.807, 2.05) is 14.0 Å². The van der Waals surface area contributed by atoms with Gasteiger partial charge in [0, 0.05) is 26.7 Å². The first-order chi connectivity index (χ1) is 7.25. The van der Waals surface area contributed by atoms with Crippen molar-refractivity contribution in [1.29, 1.82) is 0 Å². The van der Waals surface area contributed by atoms with Crippen LogP contribution in [0.5, 0.6) is 0 Å². The fourth-order valence-corrected chi connectivity index (χ4v) is 1.83. The normalized spacial score (nSPS) is 21.3. The zero-order chi connectivity index (χ0) is 11.1. The Morgan fingerprint density at radius 1 is 1.60 bits per heavy atom. The van der Waals surface area contributed by atoms with Gasteiger partial charge in [-0.1, -0.05) is 0 Å². The number of carbonyl (C=O) groups is 1. The van der Waals surface area contributed by atoms with Gasteiger partial charge in [-0.05, 0) is 26.3 Å². The van der Waals surface area contributed by atoms with E-state index in [2.05, 4.69) is 5.32 Å². The Morgan fingerprint density at radius 2 is 2.40 bits per heavy atom. The van der Waals surface area contributed by atoms with Gasteiger partial charge in [-0.25, -0.2) is 0 Å². The molecule has 15 heavy (non-hydrogen) atoms. The van der Waals surface area contributed by atoms with Crippen molar-refractivity contribution in [2.75, 3.05) is 39.9 Å². The fraction of sp³-hybridized carbons (Fsp3) is 0.909. The first-order valence-corrected chi connectivity index (χ1v) is 5.79. The van der Waals surface area contributed by atoms with Gasteiger partial charge in [-0.15, -0.1) is 0 Å². The molecule has 0 aromatic heterocycles. The van der Waals surface area contributed by atoms with E-state index < -0.39 is 0 Å². The van der Waals surface area contributed by atoms with Gasteiger partial charge in [0.1, 0.15) is 0 Å². The molecule has 0 spiro atoms. The summed E-state index contributed by atoms with van der Waals surface area (Å²) in [7, 11) is 1.86. The molecule has 1 aliphatic rings. The van der Waals surface area contributed by atoms with Crippen molar-refractivity contribution < 1.29 is 9.53 Å².